The molecule has 4 heteroatoms. The van der Waals surface area contributed by atoms with Gasteiger partial charge in [0.25, 0.3) is 0 Å². The number of anilines is 3. The first-order valence-corrected chi connectivity index (χ1v) is 5.28. The van der Waals surface area contributed by atoms with Gasteiger partial charge >= 0.3 is 0 Å². The number of hydrogen-bond donors (Lipinski definition) is 2. The molecule has 0 unspecified atom stereocenters. The Kier molecular flexibility index (Phi) is 2.97. The van der Waals surface area contributed by atoms with Gasteiger partial charge in [-0.15, -0.1) is 0 Å². The van der Waals surface area contributed by atoms with Crippen LogP contribution >= 0.6 is 11.6 Å². The van der Waals surface area contributed by atoms with Crippen molar-refractivity contribution in [2.75, 3.05) is 11.1 Å². The minimum absolute atomic E-state index is 0.489. The second kappa shape index (κ2) is 4.41. The molecule has 82 valence electrons. The molecule has 0 aliphatic heterocycles. The van der Waals surface area contributed by atoms with Gasteiger partial charge in [0.2, 0.25) is 0 Å². The van der Waals surface area contributed by atoms with Crippen molar-refractivity contribution in [1.82, 2.24) is 4.98 Å². The Balaban J connectivity index is 2.24. The summed E-state index contributed by atoms with van der Waals surface area (Å²) in [5.74, 6) is 1.20. The maximum Gasteiger partial charge on any atom is 0.132 e. The van der Waals surface area contributed by atoms with Crippen molar-refractivity contribution in [3.05, 3.63) is 47.0 Å². The highest BCUT2D eigenvalue weighted by atomic mass is 35.5. The number of pyridine rings is 1. The maximum absolute atomic E-state index is 6.03. The summed E-state index contributed by atoms with van der Waals surface area (Å²) < 4.78 is 0. The summed E-state index contributed by atoms with van der Waals surface area (Å²) in [5, 5.41) is 3.87. The molecule has 0 fully saturated rings. The molecule has 0 saturated carbocycles. The largest absolute Gasteiger partial charge is 0.384 e. The molecule has 0 bridgehead atoms. The lowest BCUT2D eigenvalue weighted by atomic mass is 10.2. The molecule has 1 aromatic carbocycles. The van der Waals surface area contributed by atoms with Crippen LogP contribution in [0.3, 0.4) is 0 Å². The predicted molar refractivity (Wildman–Crippen MR) is 68.1 cm³/mol. The molecule has 2 aromatic rings. The monoisotopic (exact) mass is 233 g/mol. The van der Waals surface area contributed by atoms with E-state index in [2.05, 4.69) is 10.3 Å². The molecule has 3 N–H and O–H groups in total. The van der Waals surface area contributed by atoms with Gasteiger partial charge in [-0.1, -0.05) is 23.7 Å². The van der Waals surface area contributed by atoms with Gasteiger partial charge in [0.05, 0.1) is 0 Å². The molecule has 0 aliphatic carbocycles. The number of aromatic nitrogens is 1. The zero-order chi connectivity index (χ0) is 11.5. The minimum atomic E-state index is 0.489. The molecular weight excluding hydrogens is 222 g/mol. The summed E-state index contributed by atoms with van der Waals surface area (Å²) >= 11 is 6.03. The molecule has 0 spiro atoms. The number of hydrogen-bond acceptors (Lipinski definition) is 3. The van der Waals surface area contributed by atoms with E-state index in [9.17, 15) is 0 Å². The maximum atomic E-state index is 6.03. The number of nitrogens with zero attached hydrogens (tertiary/aromatic N) is 1. The quantitative estimate of drug-likeness (QED) is 0.836. The van der Waals surface area contributed by atoms with Crippen LogP contribution in [0.4, 0.5) is 17.3 Å². The van der Waals surface area contributed by atoms with Gasteiger partial charge in [0.1, 0.15) is 11.6 Å². The van der Waals surface area contributed by atoms with Gasteiger partial charge in [-0.3, -0.25) is 0 Å². The van der Waals surface area contributed by atoms with Crippen LogP contribution in [-0.4, -0.2) is 4.98 Å². The Hall–Kier alpha value is -1.74. The average Bonchev–Trinajstić information content (AvgIpc) is 2.24. The third-order valence-electron chi connectivity index (χ3n) is 2.21. The fraction of sp³-hybridized carbons (Fsp3) is 0.0833. The number of halogens is 1. The fourth-order valence-electron chi connectivity index (χ4n) is 1.34. The molecular formula is C12H12ClN3. The Morgan fingerprint density at radius 3 is 2.75 bits per heavy atom. The van der Waals surface area contributed by atoms with Crippen LogP contribution in [0, 0.1) is 6.92 Å². The second-order valence-electron chi connectivity index (χ2n) is 3.54. The van der Waals surface area contributed by atoms with Gasteiger partial charge < -0.3 is 11.1 Å². The van der Waals surface area contributed by atoms with E-state index in [0.717, 1.165) is 16.3 Å². The zero-order valence-corrected chi connectivity index (χ0v) is 9.62. The molecule has 0 radical (unpaired) electrons. The van der Waals surface area contributed by atoms with Gasteiger partial charge in [-0.25, -0.2) is 4.98 Å². The van der Waals surface area contributed by atoms with E-state index in [4.69, 9.17) is 17.3 Å². The zero-order valence-electron chi connectivity index (χ0n) is 8.87. The standard InChI is InChI=1S/C12H12ClN3/c1-8-5-6-9(7-10(8)13)15-12-4-2-3-11(14)16-12/h2-7H,1H3,(H3,14,15,16). The first kappa shape index (κ1) is 10.8. The van der Waals surface area contributed by atoms with E-state index in [1.165, 1.54) is 0 Å². The van der Waals surface area contributed by atoms with Crippen LogP contribution in [0.5, 0.6) is 0 Å². The van der Waals surface area contributed by atoms with Gasteiger partial charge in [0.15, 0.2) is 0 Å². The van der Waals surface area contributed by atoms with Crippen molar-refractivity contribution < 1.29 is 0 Å². The van der Waals surface area contributed by atoms with Crippen molar-refractivity contribution in [3.8, 4) is 0 Å². The van der Waals surface area contributed by atoms with E-state index in [-0.39, 0.29) is 0 Å². The molecule has 16 heavy (non-hydrogen) atoms. The van der Waals surface area contributed by atoms with E-state index in [1.807, 2.05) is 37.3 Å². The van der Waals surface area contributed by atoms with Gasteiger partial charge in [-0.2, -0.15) is 0 Å². The average molecular weight is 234 g/mol. The van der Waals surface area contributed by atoms with E-state index in [0.29, 0.717) is 11.6 Å². The smallest absolute Gasteiger partial charge is 0.132 e. The number of nitrogens with one attached hydrogen (secondary N) is 1. The lowest BCUT2D eigenvalue weighted by Crippen LogP contribution is -1.96. The third-order valence-corrected chi connectivity index (χ3v) is 2.62. The van der Waals surface area contributed by atoms with Crippen LogP contribution < -0.4 is 11.1 Å². The molecule has 2 rings (SSSR count). The number of rotatable bonds is 2. The van der Waals surface area contributed by atoms with Gasteiger partial charge in [0, 0.05) is 10.7 Å². The summed E-state index contributed by atoms with van der Waals surface area (Å²) in [6, 6.07) is 11.2. The topological polar surface area (TPSA) is 50.9 Å². The number of aryl methyl sites for hydroxylation is 1. The molecule has 0 saturated heterocycles. The summed E-state index contributed by atoms with van der Waals surface area (Å²) in [4.78, 5) is 4.14. The Morgan fingerprint density at radius 2 is 2.06 bits per heavy atom. The Bertz CT molecular complexity index is 511. The summed E-state index contributed by atoms with van der Waals surface area (Å²) in [7, 11) is 0. The first-order chi connectivity index (χ1) is 7.65. The van der Waals surface area contributed by atoms with Crippen LogP contribution in [0.15, 0.2) is 36.4 Å². The summed E-state index contributed by atoms with van der Waals surface area (Å²) in [6.45, 7) is 1.96. The van der Waals surface area contributed by atoms with Crippen molar-refractivity contribution in [1.29, 1.82) is 0 Å². The van der Waals surface area contributed by atoms with Crippen LogP contribution in [0.1, 0.15) is 5.56 Å². The van der Waals surface area contributed by atoms with E-state index in [1.54, 1.807) is 6.07 Å². The van der Waals surface area contributed by atoms with Crippen LogP contribution in [-0.2, 0) is 0 Å². The molecule has 0 amide bonds. The highest BCUT2D eigenvalue weighted by Crippen LogP contribution is 2.22. The minimum Gasteiger partial charge on any atom is -0.384 e. The third kappa shape index (κ3) is 2.44. The van der Waals surface area contributed by atoms with Crippen LogP contribution in [0.25, 0.3) is 0 Å². The predicted octanol–water partition coefficient (Wildman–Crippen LogP) is 3.37. The summed E-state index contributed by atoms with van der Waals surface area (Å²) in [6.07, 6.45) is 0. The number of nitrogens with two attached hydrogens (primary N) is 1. The lowest BCUT2D eigenvalue weighted by molar-refractivity contribution is 1.31. The SMILES string of the molecule is Cc1ccc(Nc2cccc(N)n2)cc1Cl. The molecule has 0 aliphatic rings. The van der Waals surface area contributed by atoms with Crippen LogP contribution in [0.2, 0.25) is 5.02 Å². The van der Waals surface area contributed by atoms with Gasteiger partial charge in [-0.05, 0) is 36.8 Å². The molecule has 0 atom stereocenters. The highest BCUT2D eigenvalue weighted by molar-refractivity contribution is 6.31. The lowest BCUT2D eigenvalue weighted by Gasteiger charge is -2.07. The highest BCUT2D eigenvalue weighted by Gasteiger charge is 1.99. The first-order valence-electron chi connectivity index (χ1n) is 4.91. The Morgan fingerprint density at radius 1 is 1.25 bits per heavy atom. The van der Waals surface area contributed by atoms with Crippen molar-refractivity contribution in [3.63, 3.8) is 0 Å². The normalized spacial score (nSPS) is 10.1. The second-order valence-corrected chi connectivity index (χ2v) is 3.94. The van der Waals surface area contributed by atoms with Crippen molar-refractivity contribution in [2.24, 2.45) is 0 Å². The number of nitrogen functional groups attached to an aromatic ring is 1. The van der Waals surface area contributed by atoms with E-state index < -0.39 is 0 Å². The fourth-order valence-corrected chi connectivity index (χ4v) is 1.52. The van der Waals surface area contributed by atoms with Crippen molar-refractivity contribution in [2.45, 2.75) is 6.92 Å². The number of benzene rings is 1. The molecule has 1 aromatic heterocycles. The molecule has 3 nitrogen and oxygen atoms in total. The van der Waals surface area contributed by atoms with Crippen molar-refractivity contribution >= 4 is 28.9 Å². The Labute approximate surface area is 99.3 Å². The summed E-state index contributed by atoms with van der Waals surface area (Å²) in [5.41, 5.74) is 7.53. The van der Waals surface area contributed by atoms with E-state index >= 15 is 0 Å². The molecule has 1 heterocycles.